The zero-order chi connectivity index (χ0) is 17.9. The van der Waals surface area contributed by atoms with E-state index in [1.807, 2.05) is 36.6 Å². The molecule has 7 heteroatoms. The summed E-state index contributed by atoms with van der Waals surface area (Å²) in [5.74, 6) is 0. The van der Waals surface area contributed by atoms with Crippen molar-refractivity contribution in [2.24, 2.45) is 5.10 Å². The Morgan fingerprint density at radius 1 is 1.04 bits per heavy atom. The number of rotatable bonds is 4. The summed E-state index contributed by atoms with van der Waals surface area (Å²) < 4.78 is 37.5. The van der Waals surface area contributed by atoms with Crippen LogP contribution in [0.3, 0.4) is 0 Å². The maximum Gasteiger partial charge on any atom is 0.416 e. The van der Waals surface area contributed by atoms with Gasteiger partial charge in [0.15, 0.2) is 0 Å². The predicted octanol–water partition coefficient (Wildman–Crippen LogP) is 5.58. The summed E-state index contributed by atoms with van der Waals surface area (Å²) in [6.07, 6.45) is -2.88. The number of benzene rings is 2. The van der Waals surface area contributed by atoms with Crippen LogP contribution >= 0.6 is 11.3 Å². The lowest BCUT2D eigenvalue weighted by atomic mass is 10.1. The molecule has 0 spiro atoms. The quantitative estimate of drug-likeness (QED) is 0.486. The number of hydrogen-bond donors (Lipinski definition) is 1. The fraction of sp³-hybridized carbons (Fsp3) is 0.111. The van der Waals surface area contributed by atoms with Crippen LogP contribution < -0.4 is 5.43 Å². The smallest absolute Gasteiger partial charge is 0.253 e. The lowest BCUT2D eigenvalue weighted by Crippen LogP contribution is -2.04. The molecule has 3 aromatic rings. The molecule has 3 nitrogen and oxygen atoms in total. The van der Waals surface area contributed by atoms with E-state index < -0.39 is 11.7 Å². The van der Waals surface area contributed by atoms with E-state index in [1.165, 1.54) is 35.2 Å². The Labute approximate surface area is 146 Å². The highest BCUT2D eigenvalue weighted by atomic mass is 32.1. The summed E-state index contributed by atoms with van der Waals surface area (Å²) >= 11 is 1.40. The summed E-state index contributed by atoms with van der Waals surface area (Å²) in [5.41, 5.74) is 5.72. The van der Waals surface area contributed by atoms with Crippen molar-refractivity contribution in [2.75, 3.05) is 5.43 Å². The molecule has 0 saturated heterocycles. The molecule has 0 aliphatic rings. The van der Waals surface area contributed by atoms with E-state index in [1.54, 1.807) is 0 Å². The van der Waals surface area contributed by atoms with Crippen LogP contribution in [0.15, 0.2) is 59.0 Å². The van der Waals surface area contributed by atoms with Crippen molar-refractivity contribution < 1.29 is 13.2 Å². The Hall–Kier alpha value is -2.67. The topological polar surface area (TPSA) is 37.3 Å². The summed E-state index contributed by atoms with van der Waals surface area (Å²) in [7, 11) is 0. The number of hydrogen-bond acceptors (Lipinski definition) is 4. The maximum atomic E-state index is 12.5. The number of aromatic nitrogens is 1. The summed E-state index contributed by atoms with van der Waals surface area (Å²) in [4.78, 5) is 4.43. The molecule has 0 amide bonds. The van der Waals surface area contributed by atoms with Crippen LogP contribution in [0.1, 0.15) is 16.7 Å². The molecule has 0 atom stereocenters. The van der Waals surface area contributed by atoms with Gasteiger partial charge in [0.05, 0.1) is 17.5 Å². The van der Waals surface area contributed by atoms with E-state index in [9.17, 15) is 13.2 Å². The summed E-state index contributed by atoms with van der Waals surface area (Å²) in [5, 5.41) is 6.54. The van der Waals surface area contributed by atoms with E-state index >= 15 is 0 Å². The Bertz CT molecular complexity index is 866. The second kappa shape index (κ2) is 7.06. The van der Waals surface area contributed by atoms with Crippen molar-refractivity contribution in [2.45, 2.75) is 13.1 Å². The van der Waals surface area contributed by atoms with Gasteiger partial charge in [-0.3, -0.25) is 5.43 Å². The Kier molecular flexibility index (Phi) is 4.85. The van der Waals surface area contributed by atoms with Gasteiger partial charge in [0.25, 0.3) is 0 Å². The zero-order valence-electron chi connectivity index (χ0n) is 13.2. The highest BCUT2D eigenvalue weighted by Crippen LogP contribution is 2.29. The number of nitrogens with one attached hydrogen (secondary N) is 1. The van der Waals surface area contributed by atoms with Gasteiger partial charge >= 0.3 is 6.18 Å². The number of nitrogens with zero attached hydrogens (tertiary/aromatic N) is 2. The third-order valence-electron chi connectivity index (χ3n) is 3.46. The molecule has 0 aliphatic heterocycles. The molecule has 0 saturated carbocycles. The minimum atomic E-state index is -4.33. The minimum absolute atomic E-state index is 0.566. The fourth-order valence-corrected chi connectivity index (χ4v) is 2.77. The van der Waals surface area contributed by atoms with Crippen molar-refractivity contribution in [1.82, 2.24) is 4.98 Å². The molecular formula is C18H14F3N3S. The van der Waals surface area contributed by atoms with Crippen LogP contribution in [-0.4, -0.2) is 11.2 Å². The van der Waals surface area contributed by atoms with E-state index in [4.69, 9.17) is 0 Å². The first-order valence-electron chi connectivity index (χ1n) is 7.41. The standard InChI is InChI=1S/C18H14F3N3S/c1-12-2-6-14(7-3-12)16-11-25-17(23-16)24-22-10-13-4-8-15(9-5-13)18(19,20)21/h2-11H,1H3,(H,23,24)/b22-10+. The zero-order valence-corrected chi connectivity index (χ0v) is 14.0. The number of hydrazone groups is 1. The molecule has 0 radical (unpaired) electrons. The largest absolute Gasteiger partial charge is 0.416 e. The van der Waals surface area contributed by atoms with Crippen LogP contribution in [0, 0.1) is 6.92 Å². The summed E-state index contributed by atoms with van der Waals surface area (Å²) in [6.45, 7) is 2.02. The van der Waals surface area contributed by atoms with Gasteiger partial charge in [-0.15, -0.1) is 11.3 Å². The van der Waals surface area contributed by atoms with Crippen LogP contribution in [0.25, 0.3) is 11.3 Å². The van der Waals surface area contributed by atoms with Crippen molar-refractivity contribution in [3.63, 3.8) is 0 Å². The van der Waals surface area contributed by atoms with Gasteiger partial charge in [-0.1, -0.05) is 42.0 Å². The molecule has 25 heavy (non-hydrogen) atoms. The van der Waals surface area contributed by atoms with E-state index in [2.05, 4.69) is 15.5 Å². The number of anilines is 1. The van der Waals surface area contributed by atoms with Gasteiger partial charge in [-0.05, 0) is 24.6 Å². The number of alkyl halides is 3. The molecule has 128 valence electrons. The number of aryl methyl sites for hydroxylation is 1. The second-order valence-corrected chi connectivity index (χ2v) is 6.25. The molecule has 1 aromatic heterocycles. The third kappa shape index (κ3) is 4.45. The number of halogens is 3. The molecule has 0 aliphatic carbocycles. The molecule has 3 rings (SSSR count). The molecule has 1 N–H and O–H groups in total. The van der Waals surface area contributed by atoms with Gasteiger partial charge < -0.3 is 0 Å². The Morgan fingerprint density at radius 3 is 2.36 bits per heavy atom. The average molecular weight is 361 g/mol. The van der Waals surface area contributed by atoms with Gasteiger partial charge in [0.1, 0.15) is 0 Å². The third-order valence-corrected chi connectivity index (χ3v) is 4.21. The lowest BCUT2D eigenvalue weighted by Gasteiger charge is -2.05. The van der Waals surface area contributed by atoms with E-state index in [-0.39, 0.29) is 0 Å². The van der Waals surface area contributed by atoms with Crippen molar-refractivity contribution in [1.29, 1.82) is 0 Å². The fourth-order valence-electron chi connectivity index (χ4n) is 2.10. The second-order valence-electron chi connectivity index (χ2n) is 5.39. The van der Waals surface area contributed by atoms with Gasteiger partial charge in [0.2, 0.25) is 5.13 Å². The molecule has 2 aromatic carbocycles. The number of thiazole rings is 1. The SMILES string of the molecule is Cc1ccc(-c2csc(N/N=C/c3ccc(C(F)(F)F)cc3)n2)cc1. The first-order chi connectivity index (χ1) is 11.9. The average Bonchev–Trinajstić information content (AvgIpc) is 3.04. The van der Waals surface area contributed by atoms with Gasteiger partial charge in [0, 0.05) is 10.9 Å². The summed E-state index contributed by atoms with van der Waals surface area (Å²) in [6, 6.07) is 12.8. The van der Waals surface area contributed by atoms with Crippen LogP contribution in [-0.2, 0) is 6.18 Å². The van der Waals surface area contributed by atoms with Gasteiger partial charge in [-0.2, -0.15) is 18.3 Å². The maximum absolute atomic E-state index is 12.5. The highest BCUT2D eigenvalue weighted by Gasteiger charge is 2.29. The predicted molar refractivity (Wildman–Crippen MR) is 94.9 cm³/mol. The first-order valence-corrected chi connectivity index (χ1v) is 8.29. The molecule has 0 fully saturated rings. The van der Waals surface area contributed by atoms with Gasteiger partial charge in [-0.25, -0.2) is 4.98 Å². The Balaban J connectivity index is 1.64. The highest BCUT2D eigenvalue weighted by molar-refractivity contribution is 7.14. The van der Waals surface area contributed by atoms with Crippen molar-refractivity contribution >= 4 is 22.7 Å². The normalized spacial score (nSPS) is 11.8. The first kappa shape index (κ1) is 17.2. The molecule has 0 bridgehead atoms. The van der Waals surface area contributed by atoms with Crippen molar-refractivity contribution in [3.05, 3.63) is 70.6 Å². The van der Waals surface area contributed by atoms with E-state index in [0.29, 0.717) is 10.7 Å². The monoisotopic (exact) mass is 361 g/mol. The molecule has 0 unspecified atom stereocenters. The van der Waals surface area contributed by atoms with Crippen LogP contribution in [0.2, 0.25) is 0 Å². The Morgan fingerprint density at radius 2 is 1.72 bits per heavy atom. The molecule has 1 heterocycles. The van der Waals surface area contributed by atoms with E-state index in [0.717, 1.165) is 23.4 Å². The lowest BCUT2D eigenvalue weighted by molar-refractivity contribution is -0.137. The minimum Gasteiger partial charge on any atom is -0.253 e. The van der Waals surface area contributed by atoms with Crippen LogP contribution in [0.5, 0.6) is 0 Å². The molecular weight excluding hydrogens is 347 g/mol. The van der Waals surface area contributed by atoms with Crippen molar-refractivity contribution in [3.8, 4) is 11.3 Å². The van der Waals surface area contributed by atoms with Crippen LogP contribution in [0.4, 0.5) is 18.3 Å².